The standard InChI is InChI=1S/C15H30N4O3.HI/c1-4-16-14(17-10-12(3)11-20)18-13-6-8-19(9-7-13)15(21)22-5-2;/h12-13,20H,4-11H2,1-3H3,(H2,16,17,18);1H. The lowest BCUT2D eigenvalue weighted by Gasteiger charge is -2.32. The Kier molecular flexibility index (Phi) is 12.2. The number of hydrogen-bond acceptors (Lipinski definition) is 4. The van der Waals surface area contributed by atoms with Gasteiger partial charge in [-0.25, -0.2) is 4.79 Å². The van der Waals surface area contributed by atoms with Crippen molar-refractivity contribution in [3.05, 3.63) is 0 Å². The number of amides is 1. The molecule has 1 atom stereocenters. The average molecular weight is 442 g/mol. The third kappa shape index (κ3) is 8.59. The Morgan fingerprint density at radius 3 is 2.57 bits per heavy atom. The quantitative estimate of drug-likeness (QED) is 0.329. The highest BCUT2D eigenvalue weighted by Gasteiger charge is 2.24. The highest BCUT2D eigenvalue weighted by molar-refractivity contribution is 14.0. The van der Waals surface area contributed by atoms with Crippen LogP contribution < -0.4 is 10.6 Å². The fourth-order valence-electron chi connectivity index (χ4n) is 2.24. The van der Waals surface area contributed by atoms with Gasteiger partial charge in [0.15, 0.2) is 5.96 Å². The van der Waals surface area contributed by atoms with Gasteiger partial charge in [0.25, 0.3) is 0 Å². The van der Waals surface area contributed by atoms with Crippen LogP contribution in [-0.4, -0.2) is 67.5 Å². The van der Waals surface area contributed by atoms with Crippen LogP contribution in [-0.2, 0) is 4.74 Å². The number of aliphatic hydroxyl groups is 1. The summed E-state index contributed by atoms with van der Waals surface area (Å²) in [5.41, 5.74) is 0. The van der Waals surface area contributed by atoms with Crippen molar-refractivity contribution in [3.8, 4) is 0 Å². The fraction of sp³-hybridized carbons (Fsp3) is 0.867. The maximum absolute atomic E-state index is 11.7. The summed E-state index contributed by atoms with van der Waals surface area (Å²) in [7, 11) is 0. The van der Waals surface area contributed by atoms with E-state index in [1.807, 2.05) is 20.8 Å². The third-order valence-corrected chi connectivity index (χ3v) is 3.58. The number of carbonyl (C=O) groups is 1. The van der Waals surface area contributed by atoms with E-state index >= 15 is 0 Å². The first kappa shape index (κ1) is 22.2. The summed E-state index contributed by atoms with van der Waals surface area (Å²) in [5, 5.41) is 15.7. The van der Waals surface area contributed by atoms with E-state index < -0.39 is 0 Å². The van der Waals surface area contributed by atoms with Crippen molar-refractivity contribution in [2.75, 3.05) is 39.4 Å². The number of aliphatic imine (C=N–C) groups is 1. The third-order valence-electron chi connectivity index (χ3n) is 3.58. The molecule has 0 aliphatic carbocycles. The van der Waals surface area contributed by atoms with E-state index in [9.17, 15) is 4.79 Å². The van der Waals surface area contributed by atoms with E-state index in [2.05, 4.69) is 15.6 Å². The Balaban J connectivity index is 0.00000484. The molecule has 1 saturated heterocycles. The molecular formula is C15H31IN4O3. The van der Waals surface area contributed by atoms with Crippen molar-refractivity contribution in [2.24, 2.45) is 10.9 Å². The van der Waals surface area contributed by atoms with E-state index in [1.54, 1.807) is 4.90 Å². The lowest BCUT2D eigenvalue weighted by atomic mass is 10.1. The number of guanidine groups is 1. The Hall–Kier alpha value is -0.770. The van der Waals surface area contributed by atoms with Gasteiger partial charge in [-0.3, -0.25) is 4.99 Å². The molecule has 0 radical (unpaired) electrons. The summed E-state index contributed by atoms with van der Waals surface area (Å²) >= 11 is 0. The number of halogens is 1. The Morgan fingerprint density at radius 1 is 1.39 bits per heavy atom. The Morgan fingerprint density at radius 2 is 2.04 bits per heavy atom. The molecule has 1 aliphatic rings. The number of carbonyl (C=O) groups excluding carboxylic acids is 1. The lowest BCUT2D eigenvalue weighted by Crippen LogP contribution is -2.50. The molecule has 0 saturated carbocycles. The van der Waals surface area contributed by atoms with Crippen LogP contribution in [0.3, 0.4) is 0 Å². The van der Waals surface area contributed by atoms with Crippen LogP contribution in [0.1, 0.15) is 33.6 Å². The molecule has 3 N–H and O–H groups in total. The first-order valence-corrected chi connectivity index (χ1v) is 8.18. The molecule has 1 rings (SSSR count). The van der Waals surface area contributed by atoms with Gasteiger partial charge in [-0.05, 0) is 32.6 Å². The van der Waals surface area contributed by atoms with Crippen molar-refractivity contribution < 1.29 is 14.6 Å². The molecule has 1 aliphatic heterocycles. The largest absolute Gasteiger partial charge is 0.450 e. The van der Waals surface area contributed by atoms with Crippen LogP contribution in [0, 0.1) is 5.92 Å². The number of aliphatic hydroxyl groups excluding tert-OH is 1. The van der Waals surface area contributed by atoms with Gasteiger partial charge >= 0.3 is 6.09 Å². The van der Waals surface area contributed by atoms with Crippen molar-refractivity contribution in [3.63, 3.8) is 0 Å². The van der Waals surface area contributed by atoms with Crippen molar-refractivity contribution in [2.45, 2.75) is 39.7 Å². The second kappa shape index (κ2) is 12.6. The zero-order valence-corrected chi connectivity index (χ0v) is 16.7. The molecule has 0 aromatic carbocycles. The van der Waals surface area contributed by atoms with E-state index in [0.29, 0.717) is 32.3 Å². The first-order chi connectivity index (χ1) is 10.6. The van der Waals surface area contributed by atoms with Crippen molar-refractivity contribution >= 4 is 36.0 Å². The molecular weight excluding hydrogens is 411 g/mol. The summed E-state index contributed by atoms with van der Waals surface area (Å²) in [6.45, 7) is 9.14. The number of piperidine rings is 1. The van der Waals surface area contributed by atoms with Gasteiger partial charge in [-0.2, -0.15) is 0 Å². The Labute approximate surface area is 156 Å². The second-order valence-corrected chi connectivity index (χ2v) is 5.61. The first-order valence-electron chi connectivity index (χ1n) is 8.18. The van der Waals surface area contributed by atoms with Crippen molar-refractivity contribution in [1.29, 1.82) is 0 Å². The van der Waals surface area contributed by atoms with Gasteiger partial charge in [0.05, 0.1) is 6.61 Å². The van der Waals surface area contributed by atoms with Gasteiger partial charge in [0, 0.05) is 38.8 Å². The van der Waals surface area contributed by atoms with Crippen molar-refractivity contribution in [1.82, 2.24) is 15.5 Å². The minimum Gasteiger partial charge on any atom is -0.450 e. The zero-order chi connectivity index (χ0) is 16.4. The van der Waals surface area contributed by atoms with Crippen LogP contribution >= 0.6 is 24.0 Å². The average Bonchev–Trinajstić information content (AvgIpc) is 2.53. The molecule has 7 nitrogen and oxygen atoms in total. The highest BCUT2D eigenvalue weighted by Crippen LogP contribution is 2.11. The summed E-state index contributed by atoms with van der Waals surface area (Å²) < 4.78 is 5.02. The molecule has 23 heavy (non-hydrogen) atoms. The predicted octanol–water partition coefficient (Wildman–Crippen LogP) is 1.41. The minimum atomic E-state index is -0.224. The molecule has 1 amide bonds. The summed E-state index contributed by atoms with van der Waals surface area (Å²) in [6.07, 6.45) is 1.52. The maximum atomic E-state index is 11.7. The smallest absolute Gasteiger partial charge is 0.409 e. The van der Waals surface area contributed by atoms with E-state index in [-0.39, 0.29) is 42.6 Å². The van der Waals surface area contributed by atoms with E-state index in [4.69, 9.17) is 9.84 Å². The van der Waals surface area contributed by atoms with Crippen LogP contribution in [0.5, 0.6) is 0 Å². The number of ether oxygens (including phenoxy) is 1. The van der Waals surface area contributed by atoms with Gasteiger partial charge in [-0.15, -0.1) is 24.0 Å². The van der Waals surface area contributed by atoms with E-state index in [0.717, 1.165) is 25.3 Å². The predicted molar refractivity (Wildman–Crippen MR) is 102 cm³/mol. The molecule has 1 unspecified atom stereocenters. The molecule has 8 heteroatoms. The van der Waals surface area contributed by atoms with Gasteiger partial charge in [-0.1, -0.05) is 6.92 Å². The highest BCUT2D eigenvalue weighted by atomic mass is 127. The normalized spacial score (nSPS) is 17.2. The van der Waals surface area contributed by atoms with Crippen LogP contribution in [0.15, 0.2) is 4.99 Å². The lowest BCUT2D eigenvalue weighted by molar-refractivity contribution is 0.0963. The fourth-order valence-corrected chi connectivity index (χ4v) is 2.24. The van der Waals surface area contributed by atoms with Crippen LogP contribution in [0.2, 0.25) is 0 Å². The SMILES string of the molecule is CCNC(=NCC(C)CO)NC1CCN(C(=O)OCC)CC1.I. The topological polar surface area (TPSA) is 86.2 Å². The molecule has 0 spiro atoms. The molecule has 0 bridgehead atoms. The molecule has 1 fully saturated rings. The summed E-state index contributed by atoms with van der Waals surface area (Å²) in [5.74, 6) is 0.929. The van der Waals surface area contributed by atoms with Gasteiger partial charge < -0.3 is 25.4 Å². The number of hydrogen-bond donors (Lipinski definition) is 3. The summed E-state index contributed by atoms with van der Waals surface area (Å²) in [6, 6.07) is 0.299. The number of nitrogens with one attached hydrogen (secondary N) is 2. The number of rotatable bonds is 6. The monoisotopic (exact) mass is 442 g/mol. The minimum absolute atomic E-state index is 0. The van der Waals surface area contributed by atoms with E-state index in [1.165, 1.54) is 0 Å². The number of likely N-dealkylation sites (tertiary alicyclic amines) is 1. The zero-order valence-electron chi connectivity index (χ0n) is 14.4. The maximum Gasteiger partial charge on any atom is 0.409 e. The molecule has 0 aromatic heterocycles. The number of nitrogens with zero attached hydrogens (tertiary/aromatic N) is 2. The molecule has 136 valence electrons. The Bertz CT molecular complexity index is 361. The van der Waals surface area contributed by atoms with Crippen LogP contribution in [0.4, 0.5) is 4.79 Å². The molecule has 1 heterocycles. The van der Waals surface area contributed by atoms with Crippen LogP contribution in [0.25, 0.3) is 0 Å². The van der Waals surface area contributed by atoms with Gasteiger partial charge in [0.2, 0.25) is 0 Å². The molecule has 0 aromatic rings. The summed E-state index contributed by atoms with van der Waals surface area (Å²) in [4.78, 5) is 17.9. The van der Waals surface area contributed by atoms with Gasteiger partial charge in [0.1, 0.15) is 0 Å². The second-order valence-electron chi connectivity index (χ2n) is 5.61.